The van der Waals surface area contributed by atoms with Crippen molar-refractivity contribution in [1.29, 1.82) is 0 Å². The van der Waals surface area contributed by atoms with Crippen LogP contribution in [0.15, 0.2) is 60.7 Å². The third-order valence-corrected chi connectivity index (χ3v) is 4.63. The molecule has 0 aliphatic heterocycles. The van der Waals surface area contributed by atoms with E-state index in [1.54, 1.807) is 13.2 Å². The van der Waals surface area contributed by atoms with Crippen LogP contribution in [0.25, 0.3) is 11.4 Å². The maximum absolute atomic E-state index is 12.8. The van der Waals surface area contributed by atoms with Crippen LogP contribution in [-0.2, 0) is 6.54 Å². The van der Waals surface area contributed by atoms with Crippen LogP contribution in [0.4, 0.5) is 5.82 Å². The van der Waals surface area contributed by atoms with Crippen molar-refractivity contribution in [2.75, 3.05) is 12.4 Å². The maximum atomic E-state index is 12.8. The van der Waals surface area contributed by atoms with Gasteiger partial charge in [-0.15, -0.1) is 0 Å². The van der Waals surface area contributed by atoms with E-state index in [-0.39, 0.29) is 11.9 Å². The SMILES string of the molecule is CCC(C)Nc1cc(C(=O)NCc2ccccc2OC)nc(-c2ccccc2)n1. The lowest BCUT2D eigenvalue weighted by Crippen LogP contribution is -2.25. The topological polar surface area (TPSA) is 76.1 Å². The first kappa shape index (κ1) is 20.3. The molecule has 6 nitrogen and oxygen atoms in total. The van der Waals surface area contributed by atoms with Gasteiger partial charge >= 0.3 is 0 Å². The van der Waals surface area contributed by atoms with Crippen LogP contribution < -0.4 is 15.4 Å². The Bertz CT molecular complexity index is 960. The van der Waals surface area contributed by atoms with E-state index in [0.29, 0.717) is 23.9 Å². The van der Waals surface area contributed by atoms with Crippen LogP contribution in [0.1, 0.15) is 36.3 Å². The standard InChI is InChI=1S/C23H26N4O2/c1-4-16(2)25-21-14-19(26-22(27-21)17-10-6-5-7-11-17)23(28)24-15-18-12-8-9-13-20(18)29-3/h5-14,16H,4,15H2,1-3H3,(H,24,28)(H,25,26,27). The Labute approximate surface area is 171 Å². The second-order valence-corrected chi connectivity index (χ2v) is 6.78. The molecule has 0 aliphatic carbocycles. The summed E-state index contributed by atoms with van der Waals surface area (Å²) in [6, 6.07) is 19.2. The molecule has 2 N–H and O–H groups in total. The van der Waals surface area contributed by atoms with Gasteiger partial charge in [0.05, 0.1) is 7.11 Å². The Kier molecular flexibility index (Phi) is 6.79. The van der Waals surface area contributed by atoms with Crippen molar-refractivity contribution in [3.63, 3.8) is 0 Å². The quantitative estimate of drug-likeness (QED) is 0.600. The molecule has 0 saturated heterocycles. The average Bonchev–Trinajstić information content (AvgIpc) is 2.77. The fourth-order valence-corrected chi connectivity index (χ4v) is 2.82. The number of hydrogen-bond donors (Lipinski definition) is 2. The van der Waals surface area contributed by atoms with Gasteiger partial charge in [0.1, 0.15) is 17.3 Å². The summed E-state index contributed by atoms with van der Waals surface area (Å²) in [5.74, 6) is 1.62. The van der Waals surface area contributed by atoms with Gasteiger partial charge in [-0.3, -0.25) is 4.79 Å². The number of benzene rings is 2. The lowest BCUT2D eigenvalue weighted by molar-refractivity contribution is 0.0945. The highest BCUT2D eigenvalue weighted by molar-refractivity contribution is 5.93. The minimum atomic E-state index is -0.261. The van der Waals surface area contributed by atoms with Crippen molar-refractivity contribution in [3.05, 3.63) is 71.9 Å². The molecule has 150 valence electrons. The summed E-state index contributed by atoms with van der Waals surface area (Å²) < 4.78 is 5.35. The molecule has 0 bridgehead atoms. The zero-order valence-electron chi connectivity index (χ0n) is 17.0. The van der Waals surface area contributed by atoms with E-state index in [0.717, 1.165) is 23.3 Å². The van der Waals surface area contributed by atoms with Crippen molar-refractivity contribution in [2.45, 2.75) is 32.9 Å². The number of methoxy groups -OCH3 is 1. The second-order valence-electron chi connectivity index (χ2n) is 6.78. The van der Waals surface area contributed by atoms with Crippen molar-refractivity contribution in [1.82, 2.24) is 15.3 Å². The van der Waals surface area contributed by atoms with Gasteiger partial charge in [0.15, 0.2) is 5.82 Å². The fourth-order valence-electron chi connectivity index (χ4n) is 2.82. The van der Waals surface area contributed by atoms with Crippen LogP contribution in [0.5, 0.6) is 5.75 Å². The molecule has 1 amide bonds. The zero-order valence-corrected chi connectivity index (χ0v) is 17.0. The van der Waals surface area contributed by atoms with Gasteiger partial charge in [-0.1, -0.05) is 55.5 Å². The minimum Gasteiger partial charge on any atom is -0.496 e. The van der Waals surface area contributed by atoms with E-state index < -0.39 is 0 Å². The van der Waals surface area contributed by atoms with E-state index in [2.05, 4.69) is 34.4 Å². The number of carbonyl (C=O) groups is 1. The van der Waals surface area contributed by atoms with E-state index in [1.165, 1.54) is 0 Å². The number of ether oxygens (including phenoxy) is 1. The molecule has 1 unspecified atom stereocenters. The van der Waals surface area contributed by atoms with Crippen molar-refractivity contribution in [2.24, 2.45) is 0 Å². The molecule has 3 aromatic rings. The Balaban J connectivity index is 1.86. The molecule has 1 heterocycles. The number of nitrogens with zero attached hydrogens (tertiary/aromatic N) is 2. The van der Waals surface area contributed by atoms with Crippen molar-refractivity contribution >= 4 is 11.7 Å². The molecule has 1 aromatic heterocycles. The normalized spacial score (nSPS) is 11.6. The van der Waals surface area contributed by atoms with Gasteiger partial charge < -0.3 is 15.4 Å². The number of para-hydroxylation sites is 1. The first-order chi connectivity index (χ1) is 14.1. The number of carbonyl (C=O) groups excluding carboxylic acids is 1. The number of anilines is 1. The largest absolute Gasteiger partial charge is 0.496 e. The highest BCUT2D eigenvalue weighted by Crippen LogP contribution is 2.20. The predicted octanol–water partition coefficient (Wildman–Crippen LogP) is 4.29. The molecule has 0 saturated carbocycles. The van der Waals surface area contributed by atoms with Crippen molar-refractivity contribution in [3.8, 4) is 17.1 Å². The molecule has 3 rings (SSSR count). The average molecular weight is 390 g/mol. The van der Waals surface area contributed by atoms with Crippen LogP contribution in [0.3, 0.4) is 0 Å². The van der Waals surface area contributed by atoms with Crippen LogP contribution >= 0.6 is 0 Å². The summed E-state index contributed by atoms with van der Waals surface area (Å²) in [5, 5.41) is 6.26. The van der Waals surface area contributed by atoms with Crippen molar-refractivity contribution < 1.29 is 9.53 Å². The summed E-state index contributed by atoms with van der Waals surface area (Å²) in [7, 11) is 1.62. The molecular weight excluding hydrogens is 364 g/mol. The molecule has 0 aliphatic rings. The Morgan fingerprint density at radius 1 is 1.07 bits per heavy atom. The van der Waals surface area contributed by atoms with Gasteiger partial charge in [-0.2, -0.15) is 0 Å². The summed E-state index contributed by atoms with van der Waals surface area (Å²) in [6.07, 6.45) is 0.944. The first-order valence-corrected chi connectivity index (χ1v) is 9.71. The van der Waals surface area contributed by atoms with Crippen LogP contribution in [-0.4, -0.2) is 29.0 Å². The number of amides is 1. The summed E-state index contributed by atoms with van der Waals surface area (Å²) >= 11 is 0. The molecular formula is C23H26N4O2. The second kappa shape index (κ2) is 9.68. The zero-order chi connectivity index (χ0) is 20.6. The van der Waals surface area contributed by atoms with Gasteiger partial charge in [-0.05, 0) is 19.4 Å². The smallest absolute Gasteiger partial charge is 0.270 e. The van der Waals surface area contributed by atoms with Crippen LogP contribution in [0.2, 0.25) is 0 Å². The lowest BCUT2D eigenvalue weighted by atomic mass is 10.2. The highest BCUT2D eigenvalue weighted by atomic mass is 16.5. The van der Waals surface area contributed by atoms with Crippen LogP contribution in [0, 0.1) is 0 Å². The van der Waals surface area contributed by atoms with Gasteiger partial charge in [0.25, 0.3) is 5.91 Å². The summed E-state index contributed by atoms with van der Waals surface area (Å²) in [4.78, 5) is 21.9. The fraction of sp³-hybridized carbons (Fsp3) is 0.261. The molecule has 0 spiro atoms. The molecule has 0 radical (unpaired) electrons. The van der Waals surface area contributed by atoms with Gasteiger partial charge in [-0.25, -0.2) is 9.97 Å². The monoisotopic (exact) mass is 390 g/mol. The van der Waals surface area contributed by atoms with E-state index >= 15 is 0 Å². The molecule has 0 fully saturated rings. The molecule has 29 heavy (non-hydrogen) atoms. The third kappa shape index (κ3) is 5.31. The van der Waals surface area contributed by atoms with E-state index in [9.17, 15) is 4.79 Å². The Hall–Kier alpha value is -3.41. The summed E-state index contributed by atoms with van der Waals surface area (Å²) in [5.41, 5.74) is 2.08. The molecule has 6 heteroatoms. The minimum absolute atomic E-state index is 0.234. The van der Waals surface area contributed by atoms with E-state index in [4.69, 9.17) is 4.74 Å². The number of nitrogens with one attached hydrogen (secondary N) is 2. The summed E-state index contributed by atoms with van der Waals surface area (Å²) in [6.45, 7) is 4.52. The lowest BCUT2D eigenvalue weighted by Gasteiger charge is -2.14. The first-order valence-electron chi connectivity index (χ1n) is 9.71. The highest BCUT2D eigenvalue weighted by Gasteiger charge is 2.14. The third-order valence-electron chi connectivity index (χ3n) is 4.63. The predicted molar refractivity (Wildman–Crippen MR) is 115 cm³/mol. The van der Waals surface area contributed by atoms with Gasteiger partial charge in [0, 0.05) is 29.8 Å². The Morgan fingerprint density at radius 3 is 2.52 bits per heavy atom. The maximum Gasteiger partial charge on any atom is 0.270 e. The van der Waals surface area contributed by atoms with Gasteiger partial charge in [0.2, 0.25) is 0 Å². The number of aromatic nitrogens is 2. The number of rotatable bonds is 8. The molecule has 2 aromatic carbocycles. The Morgan fingerprint density at radius 2 is 1.79 bits per heavy atom. The number of hydrogen-bond acceptors (Lipinski definition) is 5. The van der Waals surface area contributed by atoms with E-state index in [1.807, 2.05) is 54.6 Å². The molecule has 1 atom stereocenters.